The van der Waals surface area contributed by atoms with Crippen LogP contribution in [0, 0.1) is 0 Å². The number of aromatic nitrogens is 1. The predicted molar refractivity (Wildman–Crippen MR) is 120 cm³/mol. The SMILES string of the molecule is CCOC(=O)c1cnc2c(C(N)=O)cccc2c1N[C@H]1CNCC[C@@H]1c1ccccc1. The van der Waals surface area contributed by atoms with Crippen molar-refractivity contribution in [1.29, 1.82) is 0 Å². The molecule has 1 amide bonds. The number of anilines is 1. The first-order valence-corrected chi connectivity index (χ1v) is 10.5. The molecule has 0 unspecified atom stereocenters. The lowest BCUT2D eigenvalue weighted by Crippen LogP contribution is -2.44. The van der Waals surface area contributed by atoms with Gasteiger partial charge in [0, 0.05) is 30.1 Å². The third-order valence-electron chi connectivity index (χ3n) is 5.70. The van der Waals surface area contributed by atoms with Crippen molar-refractivity contribution in [3.8, 4) is 0 Å². The van der Waals surface area contributed by atoms with Gasteiger partial charge in [-0.1, -0.05) is 42.5 Å². The molecule has 2 aromatic carbocycles. The summed E-state index contributed by atoms with van der Waals surface area (Å²) in [6.07, 6.45) is 2.43. The quantitative estimate of drug-likeness (QED) is 0.531. The minimum absolute atomic E-state index is 0.0344. The fraction of sp³-hybridized carbons (Fsp3) is 0.292. The summed E-state index contributed by atoms with van der Waals surface area (Å²) in [7, 11) is 0. The largest absolute Gasteiger partial charge is 0.462 e. The van der Waals surface area contributed by atoms with Gasteiger partial charge in [0.2, 0.25) is 0 Å². The number of ether oxygens (including phenoxy) is 1. The maximum absolute atomic E-state index is 12.7. The Morgan fingerprint density at radius 3 is 2.71 bits per heavy atom. The van der Waals surface area contributed by atoms with E-state index >= 15 is 0 Å². The zero-order valence-electron chi connectivity index (χ0n) is 17.4. The molecule has 1 saturated heterocycles. The number of carbonyl (C=O) groups excluding carboxylic acids is 2. The summed E-state index contributed by atoms with van der Waals surface area (Å²) in [4.78, 5) is 29.0. The van der Waals surface area contributed by atoms with Gasteiger partial charge < -0.3 is 21.1 Å². The number of esters is 1. The average molecular weight is 418 g/mol. The van der Waals surface area contributed by atoms with Crippen molar-refractivity contribution in [1.82, 2.24) is 10.3 Å². The van der Waals surface area contributed by atoms with Crippen LogP contribution in [-0.4, -0.2) is 42.6 Å². The molecule has 31 heavy (non-hydrogen) atoms. The minimum atomic E-state index is -0.561. The molecule has 2 heterocycles. The van der Waals surface area contributed by atoms with Gasteiger partial charge in [0.05, 0.1) is 23.4 Å². The molecule has 1 aliphatic heterocycles. The van der Waals surface area contributed by atoms with Crippen LogP contribution in [0.5, 0.6) is 0 Å². The van der Waals surface area contributed by atoms with Crippen LogP contribution in [0.4, 0.5) is 5.69 Å². The molecule has 0 radical (unpaired) electrons. The molecular weight excluding hydrogens is 392 g/mol. The van der Waals surface area contributed by atoms with E-state index in [-0.39, 0.29) is 18.6 Å². The van der Waals surface area contributed by atoms with Gasteiger partial charge in [0.15, 0.2) is 0 Å². The van der Waals surface area contributed by atoms with Crippen LogP contribution in [0.1, 0.15) is 45.5 Å². The molecule has 0 aliphatic carbocycles. The molecule has 7 heteroatoms. The van der Waals surface area contributed by atoms with Gasteiger partial charge in [0.1, 0.15) is 5.56 Å². The number of nitrogens with zero attached hydrogens (tertiary/aromatic N) is 1. The van der Waals surface area contributed by atoms with Crippen molar-refractivity contribution in [3.05, 3.63) is 71.4 Å². The molecule has 4 N–H and O–H groups in total. The third-order valence-corrected chi connectivity index (χ3v) is 5.70. The van der Waals surface area contributed by atoms with E-state index in [1.165, 1.54) is 11.8 Å². The number of pyridine rings is 1. The highest BCUT2D eigenvalue weighted by Crippen LogP contribution is 2.33. The number of hydrogen-bond donors (Lipinski definition) is 3. The highest BCUT2D eigenvalue weighted by molar-refractivity contribution is 6.11. The van der Waals surface area contributed by atoms with E-state index in [0.29, 0.717) is 27.7 Å². The van der Waals surface area contributed by atoms with Gasteiger partial charge in [-0.25, -0.2) is 4.79 Å². The second-order valence-corrected chi connectivity index (χ2v) is 7.59. The van der Waals surface area contributed by atoms with E-state index in [0.717, 1.165) is 19.5 Å². The number of hydrogen-bond acceptors (Lipinski definition) is 6. The summed E-state index contributed by atoms with van der Waals surface area (Å²) in [5.41, 5.74) is 8.54. The standard InChI is InChI=1S/C24H26N4O3/c1-2-31-24(30)19-13-27-21-17(9-6-10-18(21)23(25)29)22(19)28-20-14-26-12-11-16(20)15-7-4-3-5-8-15/h3-10,13,16,20,26H,2,11-12,14H2,1H3,(H2,25,29)(H,27,28)/t16-,20+/m1/s1. The Bertz CT molecular complexity index is 1100. The molecule has 0 bridgehead atoms. The summed E-state index contributed by atoms with van der Waals surface area (Å²) < 4.78 is 5.27. The van der Waals surface area contributed by atoms with Crippen molar-refractivity contribution in [2.75, 3.05) is 25.0 Å². The molecule has 0 saturated carbocycles. The molecule has 1 fully saturated rings. The number of benzene rings is 2. The number of fused-ring (bicyclic) bond motifs is 1. The van der Waals surface area contributed by atoms with Crippen LogP contribution in [0.15, 0.2) is 54.7 Å². The van der Waals surface area contributed by atoms with E-state index in [9.17, 15) is 9.59 Å². The average Bonchev–Trinajstić information content (AvgIpc) is 2.80. The molecule has 7 nitrogen and oxygen atoms in total. The monoisotopic (exact) mass is 418 g/mol. The normalized spacial score (nSPS) is 18.5. The Morgan fingerprint density at radius 1 is 1.16 bits per heavy atom. The van der Waals surface area contributed by atoms with Crippen molar-refractivity contribution >= 4 is 28.5 Å². The fourth-order valence-corrected chi connectivity index (χ4v) is 4.24. The maximum atomic E-state index is 12.7. The number of piperidine rings is 1. The molecule has 1 aromatic heterocycles. The molecule has 4 rings (SSSR count). The van der Waals surface area contributed by atoms with E-state index < -0.39 is 11.9 Å². The van der Waals surface area contributed by atoms with E-state index in [4.69, 9.17) is 10.5 Å². The second kappa shape index (κ2) is 9.14. The summed E-state index contributed by atoms with van der Waals surface area (Å²) >= 11 is 0. The van der Waals surface area contributed by atoms with E-state index in [2.05, 4.69) is 27.8 Å². The number of nitrogens with one attached hydrogen (secondary N) is 2. The molecule has 1 aliphatic rings. The smallest absolute Gasteiger partial charge is 0.341 e. The van der Waals surface area contributed by atoms with Crippen molar-refractivity contribution < 1.29 is 14.3 Å². The van der Waals surface area contributed by atoms with E-state index in [1.807, 2.05) is 24.3 Å². The number of carbonyl (C=O) groups is 2. The topological polar surface area (TPSA) is 106 Å². The number of rotatable bonds is 6. The van der Waals surface area contributed by atoms with Crippen LogP contribution in [0.3, 0.4) is 0 Å². The molecule has 160 valence electrons. The number of amides is 1. The summed E-state index contributed by atoms with van der Waals surface area (Å²) in [6.45, 7) is 3.68. The molecule has 3 aromatic rings. The van der Waals surface area contributed by atoms with E-state index in [1.54, 1.807) is 19.1 Å². The number of nitrogens with two attached hydrogens (primary N) is 1. The zero-order chi connectivity index (χ0) is 21.8. The zero-order valence-corrected chi connectivity index (χ0v) is 17.4. The lowest BCUT2D eigenvalue weighted by molar-refractivity contribution is 0.0527. The number of para-hydroxylation sites is 1. The van der Waals surface area contributed by atoms with Crippen LogP contribution >= 0.6 is 0 Å². The Kier molecular flexibility index (Phi) is 6.13. The van der Waals surface area contributed by atoms with Crippen LogP contribution in [-0.2, 0) is 4.74 Å². The first kappa shape index (κ1) is 20.8. The molecular formula is C24H26N4O3. The predicted octanol–water partition coefficient (Wildman–Crippen LogP) is 3.07. The maximum Gasteiger partial charge on any atom is 0.341 e. The Morgan fingerprint density at radius 2 is 1.97 bits per heavy atom. The third kappa shape index (κ3) is 4.22. The van der Waals surface area contributed by atoms with Crippen LogP contribution in [0.2, 0.25) is 0 Å². The number of primary amides is 1. The first-order valence-electron chi connectivity index (χ1n) is 10.5. The Hall–Kier alpha value is -3.45. The minimum Gasteiger partial charge on any atom is -0.462 e. The van der Waals surface area contributed by atoms with Crippen molar-refractivity contribution in [2.24, 2.45) is 5.73 Å². The van der Waals surface area contributed by atoms with Crippen LogP contribution < -0.4 is 16.4 Å². The highest BCUT2D eigenvalue weighted by atomic mass is 16.5. The van der Waals surface area contributed by atoms with Gasteiger partial charge in [-0.05, 0) is 31.5 Å². The van der Waals surface area contributed by atoms with Crippen LogP contribution in [0.25, 0.3) is 10.9 Å². The van der Waals surface area contributed by atoms with Gasteiger partial charge in [-0.15, -0.1) is 0 Å². The lowest BCUT2D eigenvalue weighted by Gasteiger charge is -2.34. The highest BCUT2D eigenvalue weighted by Gasteiger charge is 2.29. The van der Waals surface area contributed by atoms with Crippen molar-refractivity contribution in [2.45, 2.75) is 25.3 Å². The Balaban J connectivity index is 1.82. The lowest BCUT2D eigenvalue weighted by atomic mass is 9.85. The van der Waals surface area contributed by atoms with Gasteiger partial charge in [-0.2, -0.15) is 0 Å². The molecule has 2 atom stereocenters. The van der Waals surface area contributed by atoms with Gasteiger partial charge >= 0.3 is 5.97 Å². The fourth-order valence-electron chi connectivity index (χ4n) is 4.24. The van der Waals surface area contributed by atoms with Gasteiger partial charge in [0.25, 0.3) is 5.91 Å². The second-order valence-electron chi connectivity index (χ2n) is 7.59. The summed E-state index contributed by atoms with van der Waals surface area (Å²) in [5.74, 6) is -0.752. The Labute approximate surface area is 181 Å². The first-order chi connectivity index (χ1) is 15.1. The van der Waals surface area contributed by atoms with Crippen molar-refractivity contribution in [3.63, 3.8) is 0 Å². The molecule has 0 spiro atoms. The van der Waals surface area contributed by atoms with Gasteiger partial charge in [-0.3, -0.25) is 9.78 Å². The summed E-state index contributed by atoms with van der Waals surface area (Å²) in [5, 5.41) is 7.69. The summed E-state index contributed by atoms with van der Waals surface area (Å²) in [6, 6.07) is 15.6.